The van der Waals surface area contributed by atoms with Crippen molar-refractivity contribution in [2.45, 2.75) is 6.42 Å². The molecule has 0 aliphatic carbocycles. The summed E-state index contributed by atoms with van der Waals surface area (Å²) in [4.78, 5) is 23.3. The first kappa shape index (κ1) is 10.7. The zero-order chi connectivity index (χ0) is 10.4. The van der Waals surface area contributed by atoms with E-state index in [0.29, 0.717) is 19.8 Å². The summed E-state index contributed by atoms with van der Waals surface area (Å²) in [5, 5.41) is 0. The zero-order valence-electron chi connectivity index (χ0n) is 7.94. The van der Waals surface area contributed by atoms with Crippen LogP contribution in [0.4, 0.5) is 0 Å². The van der Waals surface area contributed by atoms with Crippen LogP contribution >= 0.6 is 0 Å². The molecule has 1 heterocycles. The number of carbonyl (C=O) groups is 2. The third-order valence-corrected chi connectivity index (χ3v) is 1.83. The summed E-state index contributed by atoms with van der Waals surface area (Å²) in [6.45, 7) is 4.83. The van der Waals surface area contributed by atoms with E-state index in [0.717, 1.165) is 11.3 Å². The van der Waals surface area contributed by atoms with Crippen LogP contribution in [0.15, 0.2) is 24.8 Å². The molecule has 2 amide bonds. The van der Waals surface area contributed by atoms with Crippen molar-refractivity contribution in [3.63, 3.8) is 0 Å². The van der Waals surface area contributed by atoms with E-state index in [9.17, 15) is 9.59 Å². The number of hydrogen-bond acceptors (Lipinski definition) is 3. The number of ether oxygens (including phenoxy) is 1. The van der Waals surface area contributed by atoms with Crippen LogP contribution in [0.25, 0.3) is 0 Å². The highest BCUT2D eigenvalue weighted by atomic mass is 16.5. The molecule has 1 aliphatic rings. The van der Waals surface area contributed by atoms with E-state index in [1.165, 1.54) is 12.2 Å². The minimum atomic E-state index is -0.262. The standard InChI is InChI=1S/C10H13NO3/c1-2-3-7-14-8-6-11-9(12)4-5-10(11)13/h2,4-5H,1,3,6-8H2. The first-order chi connectivity index (χ1) is 6.75. The lowest BCUT2D eigenvalue weighted by atomic mass is 10.4. The lowest BCUT2D eigenvalue weighted by Crippen LogP contribution is -2.33. The maximum Gasteiger partial charge on any atom is 0.253 e. The Kier molecular flexibility index (Phi) is 4.07. The molecule has 0 aromatic carbocycles. The Bertz CT molecular complexity index is 253. The lowest BCUT2D eigenvalue weighted by Gasteiger charge is -2.13. The number of rotatable bonds is 6. The van der Waals surface area contributed by atoms with Gasteiger partial charge in [0.2, 0.25) is 0 Å². The molecule has 14 heavy (non-hydrogen) atoms. The van der Waals surface area contributed by atoms with E-state index in [4.69, 9.17) is 4.74 Å². The molecule has 4 heteroatoms. The van der Waals surface area contributed by atoms with Crippen molar-refractivity contribution in [1.29, 1.82) is 0 Å². The average molecular weight is 195 g/mol. The van der Waals surface area contributed by atoms with E-state index in [-0.39, 0.29) is 11.8 Å². The Hall–Kier alpha value is -1.42. The van der Waals surface area contributed by atoms with E-state index in [1.807, 2.05) is 0 Å². The van der Waals surface area contributed by atoms with Gasteiger partial charge in [0.15, 0.2) is 0 Å². The van der Waals surface area contributed by atoms with Crippen molar-refractivity contribution >= 4 is 11.8 Å². The van der Waals surface area contributed by atoms with E-state index < -0.39 is 0 Å². The highest BCUT2D eigenvalue weighted by molar-refractivity contribution is 6.12. The van der Waals surface area contributed by atoms with Crippen molar-refractivity contribution in [3.05, 3.63) is 24.8 Å². The highest BCUT2D eigenvalue weighted by Gasteiger charge is 2.22. The Morgan fingerprint density at radius 1 is 1.29 bits per heavy atom. The number of nitrogens with zero attached hydrogens (tertiary/aromatic N) is 1. The number of hydrogen-bond donors (Lipinski definition) is 0. The molecule has 1 aliphatic heterocycles. The van der Waals surface area contributed by atoms with E-state index in [2.05, 4.69) is 6.58 Å². The Morgan fingerprint density at radius 3 is 2.50 bits per heavy atom. The Balaban J connectivity index is 2.15. The Morgan fingerprint density at radius 2 is 1.93 bits per heavy atom. The molecular weight excluding hydrogens is 182 g/mol. The summed E-state index contributed by atoms with van der Waals surface area (Å²) in [5.41, 5.74) is 0. The fraction of sp³-hybridized carbons (Fsp3) is 0.400. The molecule has 0 radical (unpaired) electrons. The van der Waals surface area contributed by atoms with Crippen LogP contribution in [0, 0.1) is 0 Å². The van der Waals surface area contributed by atoms with Gasteiger partial charge in [-0.25, -0.2) is 0 Å². The van der Waals surface area contributed by atoms with Crippen LogP contribution in [0.5, 0.6) is 0 Å². The quantitative estimate of drug-likeness (QED) is 0.352. The molecule has 0 unspecified atom stereocenters. The van der Waals surface area contributed by atoms with Gasteiger partial charge in [0.25, 0.3) is 11.8 Å². The summed E-state index contributed by atoms with van der Waals surface area (Å²) in [6.07, 6.45) is 5.08. The molecule has 0 saturated carbocycles. The molecule has 4 nitrogen and oxygen atoms in total. The van der Waals surface area contributed by atoms with E-state index >= 15 is 0 Å². The minimum Gasteiger partial charge on any atom is -0.379 e. The summed E-state index contributed by atoms with van der Waals surface area (Å²) >= 11 is 0. The van der Waals surface area contributed by atoms with E-state index in [1.54, 1.807) is 6.08 Å². The van der Waals surface area contributed by atoms with Crippen molar-refractivity contribution in [3.8, 4) is 0 Å². The van der Waals surface area contributed by atoms with Crippen LogP contribution in [0.1, 0.15) is 6.42 Å². The maximum absolute atomic E-state index is 11.1. The van der Waals surface area contributed by atoms with Gasteiger partial charge in [0, 0.05) is 12.2 Å². The maximum atomic E-state index is 11.1. The molecule has 0 fully saturated rings. The van der Waals surface area contributed by atoms with Crippen LogP contribution in [0.2, 0.25) is 0 Å². The second-order valence-corrected chi connectivity index (χ2v) is 2.85. The normalized spacial score (nSPS) is 15.3. The highest BCUT2D eigenvalue weighted by Crippen LogP contribution is 2.02. The average Bonchev–Trinajstić information content (AvgIpc) is 2.48. The van der Waals surface area contributed by atoms with Crippen molar-refractivity contribution in [2.75, 3.05) is 19.8 Å². The third-order valence-electron chi connectivity index (χ3n) is 1.83. The van der Waals surface area contributed by atoms with Crippen molar-refractivity contribution < 1.29 is 14.3 Å². The predicted molar refractivity (Wildman–Crippen MR) is 51.5 cm³/mol. The summed E-state index contributed by atoms with van der Waals surface area (Å²) in [6, 6.07) is 0. The van der Waals surface area contributed by atoms with Crippen molar-refractivity contribution in [1.82, 2.24) is 4.90 Å². The fourth-order valence-electron chi connectivity index (χ4n) is 1.08. The number of amides is 2. The molecule has 0 N–H and O–H groups in total. The predicted octanol–water partition coefficient (Wildman–Crippen LogP) is 0.504. The molecule has 1 rings (SSSR count). The van der Waals surface area contributed by atoms with Gasteiger partial charge in [-0.2, -0.15) is 0 Å². The molecule has 0 atom stereocenters. The smallest absolute Gasteiger partial charge is 0.253 e. The second kappa shape index (κ2) is 5.34. The fourth-order valence-corrected chi connectivity index (χ4v) is 1.08. The van der Waals surface area contributed by atoms with Crippen molar-refractivity contribution in [2.24, 2.45) is 0 Å². The zero-order valence-corrected chi connectivity index (χ0v) is 7.94. The molecule has 0 aromatic rings. The van der Waals surface area contributed by atoms with Gasteiger partial charge in [0.1, 0.15) is 0 Å². The largest absolute Gasteiger partial charge is 0.379 e. The summed E-state index contributed by atoms with van der Waals surface area (Å²) < 4.78 is 5.19. The SMILES string of the molecule is C=CCCOCCN1C(=O)C=CC1=O. The van der Waals surface area contributed by atoms with Gasteiger partial charge in [0.05, 0.1) is 19.8 Å². The molecule has 0 aromatic heterocycles. The van der Waals surface area contributed by atoms with Crippen LogP contribution in [-0.4, -0.2) is 36.5 Å². The first-order valence-corrected chi connectivity index (χ1v) is 4.48. The molecule has 0 bridgehead atoms. The van der Waals surface area contributed by atoms with Crippen LogP contribution < -0.4 is 0 Å². The van der Waals surface area contributed by atoms with Gasteiger partial charge in [-0.05, 0) is 6.42 Å². The van der Waals surface area contributed by atoms with Gasteiger partial charge >= 0.3 is 0 Å². The lowest BCUT2D eigenvalue weighted by molar-refractivity contribution is -0.137. The number of carbonyl (C=O) groups excluding carboxylic acids is 2. The minimum absolute atomic E-state index is 0.262. The monoisotopic (exact) mass is 195 g/mol. The summed E-state index contributed by atoms with van der Waals surface area (Å²) in [7, 11) is 0. The van der Waals surface area contributed by atoms with Crippen LogP contribution in [0.3, 0.4) is 0 Å². The van der Waals surface area contributed by atoms with Crippen LogP contribution in [-0.2, 0) is 14.3 Å². The molecular formula is C10H13NO3. The van der Waals surface area contributed by atoms with Gasteiger partial charge in [-0.3, -0.25) is 14.5 Å². The number of imide groups is 1. The van der Waals surface area contributed by atoms with Gasteiger partial charge < -0.3 is 4.74 Å². The second-order valence-electron chi connectivity index (χ2n) is 2.85. The molecule has 0 saturated heterocycles. The van der Waals surface area contributed by atoms with Gasteiger partial charge in [-0.1, -0.05) is 6.08 Å². The third kappa shape index (κ3) is 2.81. The Labute approximate surface area is 82.8 Å². The van der Waals surface area contributed by atoms with Gasteiger partial charge in [-0.15, -0.1) is 6.58 Å². The topological polar surface area (TPSA) is 46.6 Å². The summed E-state index contributed by atoms with van der Waals surface area (Å²) in [5.74, 6) is -0.523. The molecule has 0 spiro atoms. The first-order valence-electron chi connectivity index (χ1n) is 4.48. The molecule has 76 valence electrons.